The van der Waals surface area contributed by atoms with Gasteiger partial charge in [0.05, 0.1) is 13.2 Å². The van der Waals surface area contributed by atoms with Gasteiger partial charge in [0, 0.05) is 31.7 Å². The van der Waals surface area contributed by atoms with E-state index in [4.69, 9.17) is 4.74 Å². The number of likely N-dealkylation sites (tertiary alicyclic amines) is 1. The summed E-state index contributed by atoms with van der Waals surface area (Å²) in [6.07, 6.45) is 3.24. The van der Waals surface area contributed by atoms with Crippen LogP contribution in [-0.4, -0.2) is 79.4 Å². The van der Waals surface area contributed by atoms with Crippen molar-refractivity contribution in [3.63, 3.8) is 0 Å². The maximum absolute atomic E-state index is 12.7. The van der Waals surface area contributed by atoms with Gasteiger partial charge in [0.25, 0.3) is 5.91 Å². The van der Waals surface area contributed by atoms with Crippen LogP contribution in [-0.2, 0) is 4.79 Å². The second-order valence-corrected chi connectivity index (χ2v) is 6.84. The van der Waals surface area contributed by atoms with Crippen LogP contribution in [0.25, 0.3) is 0 Å². The Morgan fingerprint density at radius 1 is 0.960 bits per heavy atom. The fraction of sp³-hybridized carbons (Fsp3) is 0.579. The molecule has 6 heteroatoms. The molecule has 2 aliphatic heterocycles. The van der Waals surface area contributed by atoms with Crippen LogP contribution in [0.3, 0.4) is 0 Å². The lowest BCUT2D eigenvalue weighted by Gasteiger charge is -2.39. The van der Waals surface area contributed by atoms with E-state index in [-0.39, 0.29) is 17.9 Å². The van der Waals surface area contributed by atoms with Crippen LogP contribution in [0.4, 0.5) is 0 Å². The topological polar surface area (TPSA) is 53.1 Å². The van der Waals surface area contributed by atoms with Gasteiger partial charge in [-0.1, -0.05) is 6.42 Å². The van der Waals surface area contributed by atoms with Crippen LogP contribution in [0, 0.1) is 0 Å². The first kappa shape index (κ1) is 17.7. The highest BCUT2D eigenvalue weighted by molar-refractivity contribution is 5.94. The lowest BCUT2D eigenvalue weighted by atomic mass is 10.0. The lowest BCUT2D eigenvalue weighted by molar-refractivity contribution is -0.139. The van der Waals surface area contributed by atoms with Crippen LogP contribution in [0.15, 0.2) is 24.3 Å². The molecular formula is C19H27N3O3. The summed E-state index contributed by atoms with van der Waals surface area (Å²) >= 11 is 0. The molecule has 6 nitrogen and oxygen atoms in total. The minimum Gasteiger partial charge on any atom is -0.497 e. The first-order valence-corrected chi connectivity index (χ1v) is 9.02. The first-order chi connectivity index (χ1) is 12.1. The molecule has 1 atom stereocenters. The number of ether oxygens (including phenoxy) is 1. The molecule has 0 N–H and O–H groups in total. The van der Waals surface area contributed by atoms with Crippen LogP contribution in [0.1, 0.15) is 29.6 Å². The Morgan fingerprint density at radius 3 is 2.20 bits per heavy atom. The largest absolute Gasteiger partial charge is 0.497 e. The normalized spacial score (nSPS) is 21.9. The molecule has 2 amide bonds. The number of hydrogen-bond acceptors (Lipinski definition) is 4. The maximum Gasteiger partial charge on any atom is 0.253 e. The van der Waals surface area contributed by atoms with Crippen LogP contribution in [0.2, 0.25) is 0 Å². The summed E-state index contributed by atoms with van der Waals surface area (Å²) < 4.78 is 5.13. The summed E-state index contributed by atoms with van der Waals surface area (Å²) in [5.74, 6) is 0.979. The second-order valence-electron chi connectivity index (χ2n) is 6.84. The Morgan fingerprint density at radius 2 is 1.60 bits per heavy atom. The Balaban J connectivity index is 1.55. The number of methoxy groups -OCH3 is 1. The summed E-state index contributed by atoms with van der Waals surface area (Å²) in [5.41, 5.74) is 0.660. The first-order valence-electron chi connectivity index (χ1n) is 9.02. The number of carbonyl (C=O) groups excluding carboxylic acids is 2. The summed E-state index contributed by atoms with van der Waals surface area (Å²) in [4.78, 5) is 31.3. The van der Waals surface area contributed by atoms with E-state index in [0.717, 1.165) is 25.1 Å². The molecule has 136 valence electrons. The number of nitrogens with zero attached hydrogens (tertiary/aromatic N) is 3. The molecule has 2 saturated heterocycles. The van der Waals surface area contributed by atoms with Gasteiger partial charge in [-0.15, -0.1) is 0 Å². The van der Waals surface area contributed by atoms with Crippen molar-refractivity contribution in [3.05, 3.63) is 29.8 Å². The molecular weight excluding hydrogens is 318 g/mol. The van der Waals surface area contributed by atoms with Gasteiger partial charge in [-0.2, -0.15) is 0 Å². The van der Waals surface area contributed by atoms with Crippen molar-refractivity contribution in [1.29, 1.82) is 0 Å². The SMILES string of the molecule is COc1ccc(C(=O)N2CCN(C(=O)[C@@H]3CCCCN3C)CC2)cc1. The highest BCUT2D eigenvalue weighted by Gasteiger charge is 2.32. The molecule has 1 aromatic rings. The van der Waals surface area contributed by atoms with Crippen LogP contribution < -0.4 is 4.74 Å². The van der Waals surface area contributed by atoms with Crippen molar-refractivity contribution in [2.45, 2.75) is 25.3 Å². The van der Waals surface area contributed by atoms with E-state index in [9.17, 15) is 9.59 Å². The third-order valence-electron chi connectivity index (χ3n) is 5.27. The molecule has 0 radical (unpaired) electrons. The molecule has 25 heavy (non-hydrogen) atoms. The fourth-order valence-corrected chi connectivity index (χ4v) is 3.64. The van der Waals surface area contributed by atoms with Gasteiger partial charge in [0.2, 0.25) is 5.91 Å². The zero-order chi connectivity index (χ0) is 17.8. The van der Waals surface area contributed by atoms with E-state index in [0.29, 0.717) is 31.7 Å². The van der Waals surface area contributed by atoms with Gasteiger partial charge in [0.15, 0.2) is 0 Å². The lowest BCUT2D eigenvalue weighted by Crippen LogP contribution is -2.56. The Labute approximate surface area is 149 Å². The average Bonchev–Trinajstić information content (AvgIpc) is 2.67. The Bertz CT molecular complexity index is 609. The molecule has 2 aliphatic rings. The highest BCUT2D eigenvalue weighted by Crippen LogP contribution is 2.19. The predicted molar refractivity (Wildman–Crippen MR) is 95.7 cm³/mol. The molecule has 2 fully saturated rings. The van der Waals surface area contributed by atoms with E-state index in [1.54, 1.807) is 31.4 Å². The van der Waals surface area contributed by atoms with Gasteiger partial charge < -0.3 is 14.5 Å². The Kier molecular flexibility index (Phi) is 5.58. The Hall–Kier alpha value is -2.08. The van der Waals surface area contributed by atoms with Crippen molar-refractivity contribution >= 4 is 11.8 Å². The molecule has 0 saturated carbocycles. The van der Waals surface area contributed by atoms with E-state index in [1.165, 1.54) is 6.42 Å². The number of likely N-dealkylation sites (N-methyl/N-ethyl adjacent to an activating group) is 1. The van der Waals surface area contributed by atoms with Gasteiger partial charge >= 0.3 is 0 Å². The summed E-state index contributed by atoms with van der Waals surface area (Å²) in [6, 6.07) is 7.18. The smallest absolute Gasteiger partial charge is 0.253 e. The zero-order valence-electron chi connectivity index (χ0n) is 15.1. The van der Waals surface area contributed by atoms with E-state index in [2.05, 4.69) is 4.90 Å². The molecule has 0 unspecified atom stereocenters. The molecule has 3 rings (SSSR count). The summed E-state index contributed by atoms with van der Waals surface area (Å²) in [6.45, 7) is 3.41. The van der Waals surface area contributed by atoms with E-state index < -0.39 is 0 Å². The minimum atomic E-state index is 0.0117. The van der Waals surface area contributed by atoms with Crippen molar-refractivity contribution < 1.29 is 14.3 Å². The third-order valence-corrected chi connectivity index (χ3v) is 5.27. The van der Waals surface area contributed by atoms with E-state index in [1.807, 2.05) is 16.8 Å². The van der Waals surface area contributed by atoms with Crippen molar-refractivity contribution in [2.75, 3.05) is 46.9 Å². The van der Waals surface area contributed by atoms with Crippen molar-refractivity contribution in [3.8, 4) is 5.75 Å². The monoisotopic (exact) mass is 345 g/mol. The van der Waals surface area contributed by atoms with Gasteiger partial charge in [-0.05, 0) is 50.7 Å². The number of rotatable bonds is 3. The number of hydrogen-bond donors (Lipinski definition) is 0. The average molecular weight is 345 g/mol. The number of piperazine rings is 1. The molecule has 1 aromatic carbocycles. The fourth-order valence-electron chi connectivity index (χ4n) is 3.64. The van der Waals surface area contributed by atoms with Crippen molar-refractivity contribution in [2.24, 2.45) is 0 Å². The third kappa shape index (κ3) is 3.95. The zero-order valence-corrected chi connectivity index (χ0v) is 15.1. The van der Waals surface area contributed by atoms with Gasteiger partial charge in [0.1, 0.15) is 5.75 Å². The number of carbonyl (C=O) groups is 2. The quantitative estimate of drug-likeness (QED) is 0.832. The van der Waals surface area contributed by atoms with Crippen LogP contribution in [0.5, 0.6) is 5.75 Å². The molecule has 0 bridgehead atoms. The van der Waals surface area contributed by atoms with Gasteiger partial charge in [-0.3, -0.25) is 14.5 Å². The number of benzene rings is 1. The van der Waals surface area contributed by atoms with E-state index >= 15 is 0 Å². The minimum absolute atomic E-state index is 0.0117. The van der Waals surface area contributed by atoms with Crippen molar-refractivity contribution in [1.82, 2.24) is 14.7 Å². The molecule has 2 heterocycles. The number of piperidine rings is 1. The van der Waals surface area contributed by atoms with Crippen LogP contribution >= 0.6 is 0 Å². The molecule has 0 aromatic heterocycles. The number of amides is 2. The predicted octanol–water partition coefficient (Wildman–Crippen LogP) is 1.46. The highest BCUT2D eigenvalue weighted by atomic mass is 16.5. The summed E-state index contributed by atoms with van der Waals surface area (Å²) in [5, 5.41) is 0. The molecule has 0 spiro atoms. The maximum atomic E-state index is 12.7. The summed E-state index contributed by atoms with van der Waals surface area (Å²) in [7, 11) is 3.64. The molecule has 0 aliphatic carbocycles. The van der Waals surface area contributed by atoms with Gasteiger partial charge in [-0.25, -0.2) is 0 Å². The second kappa shape index (κ2) is 7.87. The standard InChI is InChI=1S/C19H27N3O3/c1-20-10-4-3-5-17(20)19(24)22-13-11-21(12-14-22)18(23)15-6-8-16(25-2)9-7-15/h6-9,17H,3-5,10-14H2,1-2H3/t17-/m0/s1.